The van der Waals surface area contributed by atoms with Gasteiger partial charge in [-0.05, 0) is 17.7 Å². The van der Waals surface area contributed by atoms with E-state index in [-0.39, 0.29) is 11.6 Å². The van der Waals surface area contributed by atoms with Crippen molar-refractivity contribution in [2.75, 3.05) is 26.4 Å². The molecule has 1 aromatic carbocycles. The number of nitrogens with one attached hydrogen (secondary N) is 1. The van der Waals surface area contributed by atoms with Gasteiger partial charge in [-0.15, -0.1) is 0 Å². The van der Waals surface area contributed by atoms with Gasteiger partial charge in [-0.2, -0.15) is 0 Å². The Morgan fingerprint density at radius 1 is 1.38 bits per heavy atom. The highest BCUT2D eigenvalue weighted by molar-refractivity contribution is 6.30. The van der Waals surface area contributed by atoms with Crippen LogP contribution in [-0.2, 0) is 11.3 Å². The molecule has 0 unspecified atom stereocenters. The van der Waals surface area contributed by atoms with Gasteiger partial charge in [-0.1, -0.05) is 17.7 Å². The molecular formula is C11H15ClFNO2. The van der Waals surface area contributed by atoms with Crippen molar-refractivity contribution >= 4 is 11.6 Å². The Labute approximate surface area is 99.2 Å². The van der Waals surface area contributed by atoms with E-state index in [4.69, 9.17) is 21.4 Å². The summed E-state index contributed by atoms with van der Waals surface area (Å²) in [5.41, 5.74) is 0.837. The molecule has 1 aromatic rings. The molecule has 0 fully saturated rings. The van der Waals surface area contributed by atoms with Crippen molar-refractivity contribution in [2.24, 2.45) is 0 Å². The van der Waals surface area contributed by atoms with Crippen LogP contribution in [0.1, 0.15) is 5.56 Å². The third kappa shape index (κ3) is 4.90. The monoisotopic (exact) mass is 247 g/mol. The van der Waals surface area contributed by atoms with Gasteiger partial charge < -0.3 is 15.2 Å². The van der Waals surface area contributed by atoms with Crippen LogP contribution in [0, 0.1) is 5.82 Å². The van der Waals surface area contributed by atoms with Crippen molar-refractivity contribution < 1.29 is 14.2 Å². The van der Waals surface area contributed by atoms with Crippen LogP contribution in [0.3, 0.4) is 0 Å². The fourth-order valence-corrected chi connectivity index (χ4v) is 1.31. The molecule has 0 aliphatic heterocycles. The zero-order chi connectivity index (χ0) is 11.8. The molecule has 2 N–H and O–H groups in total. The van der Waals surface area contributed by atoms with Crippen LogP contribution >= 0.6 is 11.6 Å². The van der Waals surface area contributed by atoms with Crippen LogP contribution in [0.5, 0.6) is 0 Å². The van der Waals surface area contributed by atoms with E-state index < -0.39 is 5.82 Å². The van der Waals surface area contributed by atoms with Gasteiger partial charge in [0.15, 0.2) is 0 Å². The van der Waals surface area contributed by atoms with Gasteiger partial charge in [0, 0.05) is 13.1 Å². The quantitative estimate of drug-likeness (QED) is 0.719. The average molecular weight is 248 g/mol. The SMILES string of the molecule is OCCOCCNCc1ccc(Cl)c(F)c1. The minimum Gasteiger partial charge on any atom is -0.394 e. The molecule has 0 aliphatic carbocycles. The number of hydrogen-bond acceptors (Lipinski definition) is 3. The Morgan fingerprint density at radius 3 is 2.88 bits per heavy atom. The maximum absolute atomic E-state index is 13.0. The molecule has 0 bridgehead atoms. The highest BCUT2D eigenvalue weighted by Gasteiger charge is 2.00. The number of aliphatic hydroxyl groups excluding tert-OH is 1. The highest BCUT2D eigenvalue weighted by Crippen LogP contribution is 2.15. The summed E-state index contributed by atoms with van der Waals surface area (Å²) in [5, 5.41) is 11.7. The lowest BCUT2D eigenvalue weighted by atomic mass is 10.2. The molecule has 0 spiro atoms. The van der Waals surface area contributed by atoms with E-state index in [0.717, 1.165) is 5.56 Å². The molecule has 16 heavy (non-hydrogen) atoms. The second-order valence-corrected chi connectivity index (χ2v) is 3.67. The van der Waals surface area contributed by atoms with E-state index in [1.807, 2.05) is 0 Å². The van der Waals surface area contributed by atoms with Crippen molar-refractivity contribution in [1.82, 2.24) is 5.32 Å². The number of ether oxygens (including phenoxy) is 1. The molecule has 0 aromatic heterocycles. The van der Waals surface area contributed by atoms with E-state index in [2.05, 4.69) is 5.32 Å². The van der Waals surface area contributed by atoms with Gasteiger partial charge in [0.05, 0.1) is 24.8 Å². The van der Waals surface area contributed by atoms with E-state index in [9.17, 15) is 4.39 Å². The predicted molar refractivity (Wildman–Crippen MR) is 61.0 cm³/mol. The summed E-state index contributed by atoms with van der Waals surface area (Å²) in [5.74, 6) is -0.405. The lowest BCUT2D eigenvalue weighted by molar-refractivity contribution is 0.0938. The summed E-state index contributed by atoms with van der Waals surface area (Å²) < 4.78 is 18.1. The number of benzene rings is 1. The van der Waals surface area contributed by atoms with Crippen LogP contribution < -0.4 is 5.32 Å². The minimum atomic E-state index is -0.405. The normalized spacial score (nSPS) is 10.7. The van der Waals surface area contributed by atoms with Crippen LogP contribution in [-0.4, -0.2) is 31.5 Å². The van der Waals surface area contributed by atoms with Gasteiger partial charge in [-0.3, -0.25) is 0 Å². The Kier molecular flexibility index (Phi) is 6.33. The summed E-state index contributed by atoms with van der Waals surface area (Å²) in [4.78, 5) is 0. The molecule has 0 saturated heterocycles. The molecule has 0 amide bonds. The fourth-order valence-electron chi connectivity index (χ4n) is 1.19. The number of aliphatic hydroxyl groups is 1. The number of halogens is 2. The summed E-state index contributed by atoms with van der Waals surface area (Å²) in [6.07, 6.45) is 0. The number of hydrogen-bond donors (Lipinski definition) is 2. The first-order valence-corrected chi connectivity index (χ1v) is 5.45. The zero-order valence-corrected chi connectivity index (χ0v) is 9.63. The van der Waals surface area contributed by atoms with Crippen molar-refractivity contribution in [1.29, 1.82) is 0 Å². The van der Waals surface area contributed by atoms with Gasteiger partial charge in [0.1, 0.15) is 5.82 Å². The molecule has 0 aliphatic rings. The molecule has 0 radical (unpaired) electrons. The van der Waals surface area contributed by atoms with E-state index in [0.29, 0.717) is 26.3 Å². The summed E-state index contributed by atoms with van der Waals surface area (Å²) >= 11 is 5.56. The average Bonchev–Trinajstić information content (AvgIpc) is 2.28. The smallest absolute Gasteiger partial charge is 0.142 e. The second kappa shape index (κ2) is 7.57. The van der Waals surface area contributed by atoms with Crippen molar-refractivity contribution in [3.05, 3.63) is 34.6 Å². The molecule has 90 valence electrons. The first-order chi connectivity index (χ1) is 7.74. The summed E-state index contributed by atoms with van der Waals surface area (Å²) in [6.45, 7) is 2.12. The van der Waals surface area contributed by atoms with Crippen molar-refractivity contribution in [3.63, 3.8) is 0 Å². The van der Waals surface area contributed by atoms with Crippen LogP contribution in [0.4, 0.5) is 4.39 Å². The summed E-state index contributed by atoms with van der Waals surface area (Å²) in [6, 6.07) is 4.72. The van der Waals surface area contributed by atoms with Gasteiger partial charge in [-0.25, -0.2) is 4.39 Å². The van der Waals surface area contributed by atoms with E-state index >= 15 is 0 Å². The van der Waals surface area contributed by atoms with Crippen molar-refractivity contribution in [3.8, 4) is 0 Å². The standard InChI is InChI=1S/C11H15ClFNO2/c12-10-2-1-9(7-11(10)13)8-14-3-5-16-6-4-15/h1-2,7,14-15H,3-6,8H2. The maximum Gasteiger partial charge on any atom is 0.142 e. The topological polar surface area (TPSA) is 41.5 Å². The molecule has 0 atom stereocenters. The maximum atomic E-state index is 13.0. The van der Waals surface area contributed by atoms with Crippen LogP contribution in [0.2, 0.25) is 5.02 Å². The van der Waals surface area contributed by atoms with Crippen LogP contribution in [0.25, 0.3) is 0 Å². The van der Waals surface area contributed by atoms with Gasteiger partial charge in [0.25, 0.3) is 0 Å². The van der Waals surface area contributed by atoms with Crippen LogP contribution in [0.15, 0.2) is 18.2 Å². The Morgan fingerprint density at radius 2 is 2.19 bits per heavy atom. The first kappa shape index (κ1) is 13.4. The third-order valence-corrected chi connectivity index (χ3v) is 2.28. The lowest BCUT2D eigenvalue weighted by Crippen LogP contribution is -2.20. The van der Waals surface area contributed by atoms with Gasteiger partial charge in [0.2, 0.25) is 0 Å². The molecular weight excluding hydrogens is 233 g/mol. The number of rotatable bonds is 7. The Bertz CT molecular complexity index is 323. The first-order valence-electron chi connectivity index (χ1n) is 5.07. The minimum absolute atomic E-state index is 0.0302. The third-order valence-electron chi connectivity index (χ3n) is 1.97. The molecule has 1 rings (SSSR count). The largest absolute Gasteiger partial charge is 0.394 e. The predicted octanol–water partition coefficient (Wildman–Crippen LogP) is 1.58. The Balaban J connectivity index is 2.19. The van der Waals surface area contributed by atoms with Gasteiger partial charge >= 0.3 is 0 Å². The molecule has 5 heteroatoms. The fraction of sp³-hybridized carbons (Fsp3) is 0.455. The molecule has 0 heterocycles. The molecule has 3 nitrogen and oxygen atoms in total. The van der Waals surface area contributed by atoms with Crippen molar-refractivity contribution in [2.45, 2.75) is 6.54 Å². The van der Waals surface area contributed by atoms with E-state index in [1.54, 1.807) is 6.07 Å². The molecule has 0 saturated carbocycles. The highest BCUT2D eigenvalue weighted by atomic mass is 35.5. The lowest BCUT2D eigenvalue weighted by Gasteiger charge is -2.06. The van der Waals surface area contributed by atoms with E-state index in [1.165, 1.54) is 12.1 Å². The zero-order valence-electron chi connectivity index (χ0n) is 8.88. The Hall–Kier alpha value is -0.680. The second-order valence-electron chi connectivity index (χ2n) is 3.26. The summed E-state index contributed by atoms with van der Waals surface area (Å²) in [7, 11) is 0.